The predicted octanol–water partition coefficient (Wildman–Crippen LogP) is 4.26. The lowest BCUT2D eigenvalue weighted by Gasteiger charge is -2.26. The lowest BCUT2D eigenvalue weighted by molar-refractivity contribution is -0.116. The van der Waals surface area contributed by atoms with Crippen LogP contribution in [-0.4, -0.2) is 5.24 Å². The van der Waals surface area contributed by atoms with Gasteiger partial charge in [-0.1, -0.05) is 60.2 Å². The molecule has 0 aliphatic carbocycles. The number of benzene rings is 2. The van der Waals surface area contributed by atoms with Crippen molar-refractivity contribution in [2.24, 2.45) is 0 Å². The number of hydrogen-bond acceptors (Lipinski definition) is 1. The largest absolute Gasteiger partial charge is 0.280 e. The second-order valence-electron chi connectivity index (χ2n) is 5.14. The van der Waals surface area contributed by atoms with Crippen molar-refractivity contribution in [1.29, 1.82) is 0 Å². The van der Waals surface area contributed by atoms with Crippen molar-refractivity contribution in [3.05, 3.63) is 71.3 Å². The first-order valence-corrected chi connectivity index (χ1v) is 6.71. The van der Waals surface area contributed by atoms with E-state index in [0.717, 1.165) is 16.7 Å². The van der Waals surface area contributed by atoms with Gasteiger partial charge in [0, 0.05) is 0 Å². The van der Waals surface area contributed by atoms with Gasteiger partial charge in [0.15, 0.2) is 0 Å². The number of carbonyl (C=O) groups is 1. The molecule has 2 heteroatoms. The lowest BCUT2D eigenvalue weighted by atomic mass is 9.78. The van der Waals surface area contributed by atoms with Crippen LogP contribution in [0.2, 0.25) is 0 Å². The third kappa shape index (κ3) is 3.05. The van der Waals surface area contributed by atoms with E-state index >= 15 is 0 Å². The average Bonchev–Trinajstić information content (AvgIpc) is 2.39. The highest BCUT2D eigenvalue weighted by molar-refractivity contribution is 6.65. The zero-order chi connectivity index (χ0) is 13.9. The predicted molar refractivity (Wildman–Crippen MR) is 79.5 cm³/mol. The Balaban J connectivity index is 2.41. The fourth-order valence-electron chi connectivity index (χ4n) is 2.28. The van der Waals surface area contributed by atoms with Crippen LogP contribution < -0.4 is 0 Å². The molecule has 2 aromatic carbocycles. The molecule has 0 bridgehead atoms. The fraction of sp³-hybridized carbons (Fsp3) is 0.235. The zero-order valence-electron chi connectivity index (χ0n) is 11.2. The summed E-state index contributed by atoms with van der Waals surface area (Å²) in [6, 6.07) is 17.9. The molecule has 2 rings (SSSR count). The quantitative estimate of drug-likeness (QED) is 0.760. The molecule has 0 amide bonds. The Bertz CT molecular complexity index is 577. The Hall–Kier alpha value is -1.60. The van der Waals surface area contributed by atoms with E-state index < -0.39 is 5.41 Å². The van der Waals surface area contributed by atoms with Gasteiger partial charge in [-0.15, -0.1) is 0 Å². The topological polar surface area (TPSA) is 17.1 Å². The monoisotopic (exact) mass is 272 g/mol. The summed E-state index contributed by atoms with van der Waals surface area (Å²) in [4.78, 5) is 11.9. The second-order valence-corrected chi connectivity index (χ2v) is 5.48. The summed E-state index contributed by atoms with van der Waals surface area (Å²) in [7, 11) is 0. The van der Waals surface area contributed by atoms with Crippen LogP contribution in [0.1, 0.15) is 23.6 Å². The van der Waals surface area contributed by atoms with Crippen molar-refractivity contribution < 1.29 is 4.79 Å². The van der Waals surface area contributed by atoms with E-state index in [1.807, 2.05) is 68.4 Å². The van der Waals surface area contributed by atoms with E-state index in [2.05, 4.69) is 0 Å². The van der Waals surface area contributed by atoms with Gasteiger partial charge in [-0.05, 0) is 43.0 Å². The third-order valence-electron chi connectivity index (χ3n) is 3.49. The molecule has 0 radical (unpaired) electrons. The van der Waals surface area contributed by atoms with Gasteiger partial charge in [0.2, 0.25) is 5.24 Å². The highest BCUT2D eigenvalue weighted by Gasteiger charge is 2.34. The van der Waals surface area contributed by atoms with Gasteiger partial charge in [0.25, 0.3) is 0 Å². The summed E-state index contributed by atoms with van der Waals surface area (Å²) in [6.07, 6.45) is 0.611. The number of halogens is 1. The highest BCUT2D eigenvalue weighted by atomic mass is 35.5. The lowest BCUT2D eigenvalue weighted by Crippen LogP contribution is -2.31. The minimum absolute atomic E-state index is 0.318. The second kappa shape index (κ2) is 5.58. The van der Waals surface area contributed by atoms with Crippen molar-refractivity contribution in [1.82, 2.24) is 0 Å². The zero-order valence-corrected chi connectivity index (χ0v) is 11.9. The standard InChI is InChI=1S/C17H17ClO/c1-13-7-6-10-15(11-13)17(2,16(18)19)12-14-8-4-3-5-9-14/h3-11H,12H2,1-2H3. The first-order chi connectivity index (χ1) is 9.02. The van der Waals surface area contributed by atoms with Gasteiger partial charge in [-0.3, -0.25) is 4.79 Å². The molecule has 19 heavy (non-hydrogen) atoms. The maximum Gasteiger partial charge on any atom is 0.232 e. The first kappa shape index (κ1) is 13.8. The molecule has 0 aliphatic heterocycles. The Kier molecular flexibility index (Phi) is 4.06. The van der Waals surface area contributed by atoms with Gasteiger partial charge in [0.1, 0.15) is 0 Å². The summed E-state index contributed by atoms with van der Waals surface area (Å²) in [5.74, 6) is 0. The molecule has 0 saturated heterocycles. The van der Waals surface area contributed by atoms with Crippen LogP contribution in [-0.2, 0) is 16.6 Å². The molecule has 0 spiro atoms. The van der Waals surface area contributed by atoms with Crippen molar-refractivity contribution >= 4 is 16.8 Å². The molecular formula is C17H17ClO. The number of rotatable bonds is 4. The molecule has 1 atom stereocenters. The minimum atomic E-state index is -0.686. The van der Waals surface area contributed by atoms with Crippen LogP contribution in [0.25, 0.3) is 0 Å². The van der Waals surface area contributed by atoms with Gasteiger partial charge < -0.3 is 0 Å². The maximum atomic E-state index is 11.9. The third-order valence-corrected chi connectivity index (χ3v) is 3.91. The molecule has 2 aromatic rings. The molecule has 0 fully saturated rings. The molecule has 0 aromatic heterocycles. The van der Waals surface area contributed by atoms with Crippen LogP contribution in [0.15, 0.2) is 54.6 Å². The molecule has 0 saturated carbocycles. The smallest absolute Gasteiger partial charge is 0.232 e. The molecule has 1 nitrogen and oxygen atoms in total. The van der Waals surface area contributed by atoms with Crippen LogP contribution in [0.4, 0.5) is 0 Å². The van der Waals surface area contributed by atoms with E-state index in [9.17, 15) is 4.79 Å². The molecule has 1 unspecified atom stereocenters. The summed E-state index contributed by atoms with van der Waals surface area (Å²) in [5.41, 5.74) is 2.53. The summed E-state index contributed by atoms with van der Waals surface area (Å²) >= 11 is 5.88. The normalized spacial score (nSPS) is 13.8. The molecule has 98 valence electrons. The van der Waals surface area contributed by atoms with E-state index in [-0.39, 0.29) is 5.24 Å². The van der Waals surface area contributed by atoms with Crippen molar-refractivity contribution in [3.8, 4) is 0 Å². The fourth-order valence-corrected chi connectivity index (χ4v) is 2.45. The van der Waals surface area contributed by atoms with Gasteiger partial charge in [0.05, 0.1) is 5.41 Å². The van der Waals surface area contributed by atoms with Crippen LogP contribution >= 0.6 is 11.6 Å². The van der Waals surface area contributed by atoms with E-state index in [1.165, 1.54) is 0 Å². The molecular weight excluding hydrogens is 256 g/mol. The number of aryl methyl sites for hydroxylation is 1. The van der Waals surface area contributed by atoms with Gasteiger partial charge in [-0.2, -0.15) is 0 Å². The van der Waals surface area contributed by atoms with Gasteiger partial charge >= 0.3 is 0 Å². The highest BCUT2D eigenvalue weighted by Crippen LogP contribution is 2.31. The van der Waals surface area contributed by atoms with E-state index in [1.54, 1.807) is 0 Å². The Morgan fingerprint density at radius 2 is 1.79 bits per heavy atom. The van der Waals surface area contributed by atoms with Crippen LogP contribution in [0.3, 0.4) is 0 Å². The minimum Gasteiger partial charge on any atom is -0.280 e. The average molecular weight is 273 g/mol. The number of carbonyl (C=O) groups excluding carboxylic acids is 1. The number of hydrogen-bond donors (Lipinski definition) is 0. The van der Waals surface area contributed by atoms with Crippen LogP contribution in [0.5, 0.6) is 0 Å². The summed E-state index contributed by atoms with van der Waals surface area (Å²) in [5, 5.41) is -0.318. The van der Waals surface area contributed by atoms with E-state index in [0.29, 0.717) is 6.42 Å². The summed E-state index contributed by atoms with van der Waals surface area (Å²) < 4.78 is 0. The van der Waals surface area contributed by atoms with Crippen LogP contribution in [0, 0.1) is 6.92 Å². The van der Waals surface area contributed by atoms with Crippen molar-refractivity contribution in [2.45, 2.75) is 25.7 Å². The molecule has 0 heterocycles. The Morgan fingerprint density at radius 3 is 2.37 bits per heavy atom. The first-order valence-electron chi connectivity index (χ1n) is 6.33. The SMILES string of the molecule is Cc1cccc(C(C)(Cc2ccccc2)C(=O)Cl)c1. The Labute approximate surface area is 119 Å². The summed E-state index contributed by atoms with van der Waals surface area (Å²) in [6.45, 7) is 3.93. The molecule has 0 N–H and O–H groups in total. The van der Waals surface area contributed by atoms with Gasteiger partial charge in [-0.25, -0.2) is 0 Å². The maximum absolute atomic E-state index is 11.9. The molecule has 0 aliphatic rings. The van der Waals surface area contributed by atoms with Crippen molar-refractivity contribution in [3.63, 3.8) is 0 Å². The Morgan fingerprint density at radius 1 is 1.11 bits per heavy atom. The van der Waals surface area contributed by atoms with E-state index in [4.69, 9.17) is 11.6 Å². The van der Waals surface area contributed by atoms with Crippen molar-refractivity contribution in [2.75, 3.05) is 0 Å².